The molecule has 6 rings (SSSR count). The Kier molecular flexibility index (Phi) is 6.53. The van der Waals surface area contributed by atoms with Crippen molar-refractivity contribution in [3.8, 4) is 28.1 Å². The van der Waals surface area contributed by atoms with Crippen molar-refractivity contribution in [3.05, 3.63) is 102 Å². The lowest BCUT2D eigenvalue weighted by atomic mass is 9.98. The summed E-state index contributed by atoms with van der Waals surface area (Å²) in [5.74, 6) is -1.01. The highest BCUT2D eigenvalue weighted by Crippen LogP contribution is 2.42. The quantitative estimate of drug-likeness (QED) is 0.253. The second-order valence-electron chi connectivity index (χ2n) is 9.79. The van der Waals surface area contributed by atoms with E-state index in [0.717, 1.165) is 15.9 Å². The van der Waals surface area contributed by atoms with Gasteiger partial charge in [0.1, 0.15) is 23.0 Å². The van der Waals surface area contributed by atoms with Crippen LogP contribution < -0.4 is 9.62 Å². The average molecular weight is 587 g/mol. The van der Waals surface area contributed by atoms with Gasteiger partial charge in [-0.05, 0) is 66.2 Å². The molecule has 0 aliphatic carbocycles. The van der Waals surface area contributed by atoms with Gasteiger partial charge >= 0.3 is 0 Å². The Hall–Kier alpha value is -5.03. The van der Waals surface area contributed by atoms with Gasteiger partial charge in [-0.3, -0.25) is 9.10 Å². The highest BCUT2D eigenvalue weighted by atomic mass is 32.2. The van der Waals surface area contributed by atoms with E-state index in [9.17, 15) is 22.0 Å². The van der Waals surface area contributed by atoms with Gasteiger partial charge in [-0.2, -0.15) is 5.10 Å². The summed E-state index contributed by atoms with van der Waals surface area (Å²) in [5, 5.41) is 8.36. The summed E-state index contributed by atoms with van der Waals surface area (Å²) in [4.78, 5) is 13.2. The van der Waals surface area contributed by atoms with E-state index in [1.165, 1.54) is 50.5 Å². The third-order valence-electron chi connectivity index (χ3n) is 7.16. The minimum atomic E-state index is -3.71. The van der Waals surface area contributed by atoms with Gasteiger partial charge in [0, 0.05) is 42.1 Å². The van der Waals surface area contributed by atoms with Crippen molar-refractivity contribution >= 4 is 43.5 Å². The maximum absolute atomic E-state index is 13.7. The smallest absolute Gasteiger partial charge is 0.255 e. The van der Waals surface area contributed by atoms with E-state index in [1.54, 1.807) is 35.1 Å². The molecule has 0 fully saturated rings. The van der Waals surface area contributed by atoms with E-state index < -0.39 is 21.7 Å². The molecule has 8 nitrogen and oxygen atoms in total. The molecule has 0 atom stereocenters. The number of rotatable bonds is 6. The first-order valence-electron chi connectivity index (χ1n) is 12.8. The fraction of sp³-hybridized carbons (Fsp3) is 0.0968. The molecule has 0 aliphatic heterocycles. The topological polar surface area (TPSA) is 97.4 Å². The average Bonchev–Trinajstić information content (AvgIpc) is 3.57. The molecule has 1 N–H and O–H groups in total. The number of sulfonamides is 1. The molecule has 0 bridgehead atoms. The highest BCUT2D eigenvalue weighted by Gasteiger charge is 2.26. The van der Waals surface area contributed by atoms with Crippen LogP contribution in [0.25, 0.3) is 50.0 Å². The number of fused-ring (bicyclic) bond motifs is 2. The second kappa shape index (κ2) is 10.1. The maximum atomic E-state index is 13.7. The van der Waals surface area contributed by atoms with Crippen molar-refractivity contribution < 1.29 is 26.4 Å². The van der Waals surface area contributed by atoms with E-state index >= 15 is 0 Å². The third kappa shape index (κ3) is 4.67. The van der Waals surface area contributed by atoms with Gasteiger partial charge in [0.2, 0.25) is 10.0 Å². The van der Waals surface area contributed by atoms with E-state index in [2.05, 4.69) is 10.4 Å². The number of anilines is 1. The summed E-state index contributed by atoms with van der Waals surface area (Å²) in [6.07, 6.45) is 2.78. The fourth-order valence-corrected chi connectivity index (χ4v) is 5.44. The van der Waals surface area contributed by atoms with Crippen molar-refractivity contribution in [2.45, 2.75) is 0 Å². The summed E-state index contributed by atoms with van der Waals surface area (Å²) >= 11 is 0. The number of hydrogen-bond acceptors (Lipinski definition) is 5. The predicted octanol–water partition coefficient (Wildman–Crippen LogP) is 6.14. The standard InChI is InChI=1S/C31H24F2N4O4S/c1-34-31(38)29-25-15-24(19-4-5-20-17-35-37(26(20)14-19)23-12-10-22(33)11-13-23)27(36(2)42(3,39)40)16-28(25)41-30(29)18-6-8-21(32)9-7-18/h4-17H,1-3H3,(H,34,38). The van der Waals surface area contributed by atoms with Crippen molar-refractivity contribution in [1.82, 2.24) is 15.1 Å². The number of benzene rings is 4. The van der Waals surface area contributed by atoms with Gasteiger partial charge in [0.05, 0.1) is 34.9 Å². The molecule has 0 saturated heterocycles. The summed E-state index contributed by atoms with van der Waals surface area (Å²) < 4.78 is 61.6. The normalized spacial score (nSPS) is 11.7. The van der Waals surface area contributed by atoms with Crippen LogP contribution in [0.4, 0.5) is 14.5 Å². The van der Waals surface area contributed by atoms with E-state index in [0.29, 0.717) is 39.0 Å². The molecule has 42 heavy (non-hydrogen) atoms. The van der Waals surface area contributed by atoms with Crippen molar-refractivity contribution in [2.75, 3.05) is 24.7 Å². The Morgan fingerprint density at radius 1 is 0.929 bits per heavy atom. The van der Waals surface area contributed by atoms with Crippen molar-refractivity contribution in [2.24, 2.45) is 0 Å². The number of halogens is 2. The minimum absolute atomic E-state index is 0.222. The molecule has 4 aromatic carbocycles. The second-order valence-corrected chi connectivity index (χ2v) is 11.8. The number of hydrogen-bond donors (Lipinski definition) is 1. The molecule has 1 amide bonds. The van der Waals surface area contributed by atoms with Gasteiger partial charge < -0.3 is 9.73 Å². The van der Waals surface area contributed by atoms with Gasteiger partial charge in [0.25, 0.3) is 5.91 Å². The fourth-order valence-electron chi connectivity index (χ4n) is 4.93. The van der Waals surface area contributed by atoms with E-state index in [4.69, 9.17) is 4.42 Å². The van der Waals surface area contributed by atoms with Crippen LogP contribution in [0.3, 0.4) is 0 Å². The molecular formula is C31H24F2N4O4S. The molecule has 0 aliphatic rings. The first-order chi connectivity index (χ1) is 20.0. The van der Waals surface area contributed by atoms with Crippen LogP contribution in [0.15, 0.2) is 89.5 Å². The largest absolute Gasteiger partial charge is 0.455 e. The predicted molar refractivity (Wildman–Crippen MR) is 158 cm³/mol. The van der Waals surface area contributed by atoms with Gasteiger partial charge in [-0.15, -0.1) is 0 Å². The Bertz CT molecular complexity index is 2100. The number of nitrogens with one attached hydrogen (secondary N) is 1. The summed E-state index contributed by atoms with van der Waals surface area (Å²) in [5.41, 5.74) is 3.82. The SMILES string of the molecule is CNC(=O)c1c(-c2ccc(F)cc2)oc2cc(N(C)S(C)(=O)=O)c(-c3ccc4cnn(-c5ccc(F)cc5)c4c3)cc12. The van der Waals surface area contributed by atoms with Crippen LogP contribution in [-0.4, -0.2) is 44.5 Å². The monoisotopic (exact) mass is 586 g/mol. The van der Waals surface area contributed by atoms with Crippen LogP contribution in [0, 0.1) is 11.6 Å². The van der Waals surface area contributed by atoms with Crippen LogP contribution >= 0.6 is 0 Å². The lowest BCUT2D eigenvalue weighted by Crippen LogP contribution is -2.25. The van der Waals surface area contributed by atoms with Crippen molar-refractivity contribution in [1.29, 1.82) is 0 Å². The van der Waals surface area contributed by atoms with Crippen LogP contribution in [0.1, 0.15) is 10.4 Å². The first kappa shape index (κ1) is 27.2. The molecule has 11 heteroatoms. The zero-order chi connectivity index (χ0) is 29.8. The molecule has 0 saturated carbocycles. The number of amides is 1. The molecule has 212 valence electrons. The lowest BCUT2D eigenvalue weighted by Gasteiger charge is -2.21. The summed E-state index contributed by atoms with van der Waals surface area (Å²) in [7, 11) is -0.777. The van der Waals surface area contributed by atoms with Crippen LogP contribution in [-0.2, 0) is 10.0 Å². The number of carbonyl (C=O) groups is 1. The number of nitrogens with zero attached hydrogens (tertiary/aromatic N) is 3. The number of carbonyl (C=O) groups excluding carboxylic acids is 1. The Balaban J connectivity index is 1.63. The highest BCUT2D eigenvalue weighted by molar-refractivity contribution is 7.92. The molecule has 0 radical (unpaired) electrons. The lowest BCUT2D eigenvalue weighted by molar-refractivity contribution is 0.0964. The minimum Gasteiger partial charge on any atom is -0.455 e. The van der Waals surface area contributed by atoms with Gasteiger partial charge in [0.15, 0.2) is 0 Å². The molecule has 6 aromatic rings. The Morgan fingerprint density at radius 3 is 2.21 bits per heavy atom. The molecule has 0 spiro atoms. The number of furan rings is 1. The van der Waals surface area contributed by atoms with Gasteiger partial charge in [-0.25, -0.2) is 21.9 Å². The first-order valence-corrected chi connectivity index (χ1v) is 14.7. The maximum Gasteiger partial charge on any atom is 0.255 e. The van der Waals surface area contributed by atoms with Crippen LogP contribution in [0.5, 0.6) is 0 Å². The Morgan fingerprint density at radius 2 is 1.57 bits per heavy atom. The molecule has 2 heterocycles. The molecule has 0 unspecified atom stereocenters. The summed E-state index contributed by atoms with van der Waals surface area (Å²) in [6.45, 7) is 0. The van der Waals surface area contributed by atoms with Crippen molar-refractivity contribution in [3.63, 3.8) is 0 Å². The van der Waals surface area contributed by atoms with E-state index in [1.807, 2.05) is 18.2 Å². The van der Waals surface area contributed by atoms with E-state index in [-0.39, 0.29) is 22.7 Å². The third-order valence-corrected chi connectivity index (χ3v) is 8.35. The van der Waals surface area contributed by atoms with Crippen LogP contribution in [0.2, 0.25) is 0 Å². The Labute approximate surface area is 239 Å². The summed E-state index contributed by atoms with van der Waals surface area (Å²) in [6, 6.07) is 20.3. The molecule has 2 aromatic heterocycles. The molecular weight excluding hydrogens is 562 g/mol. The zero-order valence-corrected chi connectivity index (χ0v) is 23.5. The van der Waals surface area contributed by atoms with Gasteiger partial charge in [-0.1, -0.05) is 12.1 Å². The number of aromatic nitrogens is 2. The zero-order valence-electron chi connectivity index (χ0n) is 22.7.